The molecule has 0 bridgehead atoms. The molecule has 2 aromatic heterocycles. The lowest BCUT2D eigenvalue weighted by Crippen LogP contribution is -2.06. The molecular formula is C23H15Cl2N5O2S. The van der Waals surface area contributed by atoms with E-state index in [0.717, 1.165) is 0 Å². The average Bonchev–Trinajstić information content (AvgIpc) is 3.07. The lowest BCUT2D eigenvalue weighted by Gasteiger charge is -2.05. The van der Waals surface area contributed by atoms with Gasteiger partial charge in [-0.05, 0) is 48.0 Å². The second kappa shape index (κ2) is 8.15. The average molecular weight is 496 g/mol. The maximum absolute atomic E-state index is 13.6. The van der Waals surface area contributed by atoms with Crippen LogP contribution in [0.4, 0.5) is 5.82 Å². The van der Waals surface area contributed by atoms with E-state index in [4.69, 9.17) is 28.9 Å². The molecule has 0 atom stereocenters. The van der Waals surface area contributed by atoms with E-state index in [1.807, 2.05) is 12.1 Å². The highest BCUT2D eigenvalue weighted by Crippen LogP contribution is 2.35. The SMILES string of the molecule is Nc1c(S(=O)(=O)c2cccc(Cl)c2)c2nc3ccccc3nc2n1/N=C\c1cccc(Cl)c1. The maximum atomic E-state index is 13.6. The van der Waals surface area contributed by atoms with Crippen molar-refractivity contribution in [3.63, 3.8) is 0 Å². The van der Waals surface area contributed by atoms with E-state index >= 15 is 0 Å². The molecule has 2 N–H and O–H groups in total. The second-order valence-corrected chi connectivity index (χ2v) is 9.93. The van der Waals surface area contributed by atoms with Gasteiger partial charge in [0.25, 0.3) is 0 Å². The van der Waals surface area contributed by atoms with Gasteiger partial charge >= 0.3 is 0 Å². The quantitative estimate of drug-likeness (QED) is 0.345. The summed E-state index contributed by atoms with van der Waals surface area (Å²) in [7, 11) is -4.08. The largest absolute Gasteiger partial charge is 0.382 e. The van der Waals surface area contributed by atoms with Crippen LogP contribution in [-0.4, -0.2) is 29.3 Å². The van der Waals surface area contributed by atoms with Gasteiger partial charge in [0, 0.05) is 10.0 Å². The van der Waals surface area contributed by atoms with Gasteiger partial charge in [-0.25, -0.2) is 18.4 Å². The van der Waals surface area contributed by atoms with Crippen molar-refractivity contribution in [1.82, 2.24) is 14.6 Å². The highest BCUT2D eigenvalue weighted by molar-refractivity contribution is 7.92. The maximum Gasteiger partial charge on any atom is 0.212 e. The summed E-state index contributed by atoms with van der Waals surface area (Å²) in [4.78, 5) is 8.99. The van der Waals surface area contributed by atoms with Gasteiger partial charge in [0.05, 0.1) is 22.1 Å². The van der Waals surface area contributed by atoms with Crippen LogP contribution in [0.1, 0.15) is 5.56 Å². The number of nitrogen functional groups attached to an aromatic ring is 1. The van der Waals surface area contributed by atoms with Crippen LogP contribution in [0.15, 0.2) is 87.7 Å². The van der Waals surface area contributed by atoms with Gasteiger partial charge in [-0.1, -0.05) is 53.5 Å². The van der Waals surface area contributed by atoms with Crippen molar-refractivity contribution >= 4 is 67.3 Å². The smallest absolute Gasteiger partial charge is 0.212 e. The normalized spacial score (nSPS) is 12.2. The number of sulfone groups is 1. The minimum atomic E-state index is -4.08. The van der Waals surface area contributed by atoms with Gasteiger partial charge in [-0.15, -0.1) is 0 Å². The minimum Gasteiger partial charge on any atom is -0.382 e. The van der Waals surface area contributed by atoms with Gasteiger partial charge < -0.3 is 5.73 Å². The third-order valence-corrected chi connectivity index (χ3v) is 7.26. The number of anilines is 1. The number of aromatic nitrogens is 3. The molecule has 0 saturated heterocycles. The zero-order chi connectivity index (χ0) is 23.2. The fourth-order valence-electron chi connectivity index (χ4n) is 3.47. The summed E-state index contributed by atoms with van der Waals surface area (Å²) >= 11 is 12.1. The molecule has 164 valence electrons. The highest BCUT2D eigenvalue weighted by atomic mass is 35.5. The third kappa shape index (κ3) is 3.82. The number of fused-ring (bicyclic) bond motifs is 2. The van der Waals surface area contributed by atoms with E-state index in [-0.39, 0.29) is 31.8 Å². The zero-order valence-electron chi connectivity index (χ0n) is 16.9. The molecule has 0 aliphatic rings. The Labute approximate surface area is 199 Å². The van der Waals surface area contributed by atoms with Crippen LogP contribution in [0.2, 0.25) is 10.0 Å². The molecule has 0 spiro atoms. The Morgan fingerprint density at radius 2 is 1.55 bits per heavy atom. The molecule has 33 heavy (non-hydrogen) atoms. The molecule has 0 aliphatic carbocycles. The highest BCUT2D eigenvalue weighted by Gasteiger charge is 2.30. The van der Waals surface area contributed by atoms with Crippen molar-refractivity contribution in [2.24, 2.45) is 5.10 Å². The molecule has 0 unspecified atom stereocenters. The minimum absolute atomic E-state index is 0.00507. The molecule has 0 fully saturated rings. The molecule has 7 nitrogen and oxygen atoms in total. The molecular weight excluding hydrogens is 481 g/mol. The van der Waals surface area contributed by atoms with Crippen molar-refractivity contribution in [2.45, 2.75) is 9.79 Å². The van der Waals surface area contributed by atoms with Gasteiger partial charge in [0.2, 0.25) is 9.84 Å². The summed E-state index contributed by atoms with van der Waals surface area (Å²) in [5.41, 5.74) is 8.51. The number of benzene rings is 3. The molecule has 10 heteroatoms. The van der Waals surface area contributed by atoms with Crippen LogP contribution in [0.25, 0.3) is 22.2 Å². The van der Waals surface area contributed by atoms with E-state index in [1.165, 1.54) is 23.0 Å². The van der Waals surface area contributed by atoms with E-state index < -0.39 is 9.84 Å². The molecule has 5 aromatic rings. The molecule has 0 amide bonds. The van der Waals surface area contributed by atoms with Crippen LogP contribution in [0.5, 0.6) is 0 Å². The Morgan fingerprint density at radius 3 is 2.24 bits per heavy atom. The first-order valence-electron chi connectivity index (χ1n) is 9.72. The second-order valence-electron chi connectivity index (χ2n) is 7.17. The first kappa shape index (κ1) is 21.4. The van der Waals surface area contributed by atoms with E-state index in [9.17, 15) is 8.42 Å². The number of nitrogens with zero attached hydrogens (tertiary/aromatic N) is 4. The monoisotopic (exact) mass is 495 g/mol. The van der Waals surface area contributed by atoms with Gasteiger partial charge in [0.1, 0.15) is 16.2 Å². The van der Waals surface area contributed by atoms with Crippen LogP contribution in [0, 0.1) is 0 Å². The number of hydrogen-bond donors (Lipinski definition) is 1. The summed E-state index contributed by atoms with van der Waals surface area (Å²) < 4.78 is 28.5. The standard InChI is InChI=1S/C23H15Cl2N5O2S/c24-15-6-3-5-14(11-15)13-27-30-22(26)21(33(31,32)17-8-4-7-16(25)12-17)20-23(30)29-19-10-2-1-9-18(19)28-20/h1-13H,26H2/b27-13-. The van der Waals surface area contributed by atoms with Crippen molar-refractivity contribution in [2.75, 3.05) is 5.73 Å². The van der Waals surface area contributed by atoms with Crippen LogP contribution in [-0.2, 0) is 9.84 Å². The van der Waals surface area contributed by atoms with E-state index in [1.54, 1.807) is 48.5 Å². The van der Waals surface area contributed by atoms with Crippen molar-refractivity contribution < 1.29 is 8.42 Å². The van der Waals surface area contributed by atoms with Gasteiger partial charge in [0.15, 0.2) is 5.65 Å². The number of nitrogens with two attached hydrogens (primary N) is 1. The van der Waals surface area contributed by atoms with Crippen molar-refractivity contribution in [1.29, 1.82) is 0 Å². The molecule has 3 aromatic carbocycles. The number of hydrogen-bond acceptors (Lipinski definition) is 6. The predicted octanol–water partition coefficient (Wildman–Crippen LogP) is 5.19. The first-order chi connectivity index (χ1) is 15.8. The fraction of sp³-hybridized carbons (Fsp3) is 0. The van der Waals surface area contributed by atoms with Crippen LogP contribution < -0.4 is 5.73 Å². The summed E-state index contributed by atoms with van der Waals surface area (Å²) in [5, 5.41) is 5.24. The first-order valence-corrected chi connectivity index (χ1v) is 12.0. The fourth-order valence-corrected chi connectivity index (χ4v) is 5.45. The summed E-state index contributed by atoms with van der Waals surface area (Å²) in [6.45, 7) is 0. The summed E-state index contributed by atoms with van der Waals surface area (Å²) in [6.07, 6.45) is 1.52. The van der Waals surface area contributed by atoms with Crippen LogP contribution >= 0.6 is 23.2 Å². The van der Waals surface area contributed by atoms with E-state index in [0.29, 0.717) is 21.6 Å². The summed E-state index contributed by atoms with van der Waals surface area (Å²) in [5.74, 6) is -0.112. The molecule has 0 saturated carbocycles. The lowest BCUT2D eigenvalue weighted by atomic mass is 10.2. The topological polar surface area (TPSA) is 103 Å². The Balaban J connectivity index is 1.81. The zero-order valence-corrected chi connectivity index (χ0v) is 19.2. The van der Waals surface area contributed by atoms with Crippen LogP contribution in [0.3, 0.4) is 0 Å². The van der Waals surface area contributed by atoms with Crippen molar-refractivity contribution in [3.8, 4) is 0 Å². The Bertz CT molecular complexity index is 1680. The predicted molar refractivity (Wildman–Crippen MR) is 131 cm³/mol. The molecule has 0 radical (unpaired) electrons. The Kier molecular flexibility index (Phi) is 5.28. The van der Waals surface area contributed by atoms with Crippen molar-refractivity contribution in [3.05, 3.63) is 88.4 Å². The third-order valence-electron chi connectivity index (χ3n) is 4.97. The van der Waals surface area contributed by atoms with Gasteiger partial charge in [-0.2, -0.15) is 9.78 Å². The van der Waals surface area contributed by atoms with Gasteiger partial charge in [-0.3, -0.25) is 0 Å². The molecule has 0 aliphatic heterocycles. The Morgan fingerprint density at radius 1 is 0.879 bits per heavy atom. The molecule has 5 rings (SSSR count). The lowest BCUT2D eigenvalue weighted by molar-refractivity contribution is 0.597. The Hall–Kier alpha value is -3.46. The molecule has 2 heterocycles. The van der Waals surface area contributed by atoms with E-state index in [2.05, 4.69) is 15.1 Å². The number of rotatable bonds is 4. The number of halogens is 2. The number of para-hydroxylation sites is 2. The summed E-state index contributed by atoms with van der Waals surface area (Å²) in [6, 6.07) is 20.2.